The van der Waals surface area contributed by atoms with Gasteiger partial charge in [-0.2, -0.15) is 0 Å². The van der Waals surface area contributed by atoms with E-state index >= 15 is 0 Å². The normalized spacial score (nSPS) is 9.62. The Balaban J connectivity index is 3.56. The topological polar surface area (TPSA) is 105 Å². The summed E-state index contributed by atoms with van der Waals surface area (Å²) in [5.41, 5.74) is 10.4. The van der Waals surface area contributed by atoms with Gasteiger partial charge in [0, 0.05) is 0 Å². The highest BCUT2D eigenvalue weighted by atomic mass is 16.5. The smallest absolute Gasteiger partial charge is 0.256 e. The summed E-state index contributed by atoms with van der Waals surface area (Å²) >= 11 is 0. The fraction of sp³-hybridized carbons (Fsp3) is 0.200. The van der Waals surface area contributed by atoms with Crippen molar-refractivity contribution in [2.75, 3.05) is 14.2 Å². The van der Waals surface area contributed by atoms with E-state index in [1.54, 1.807) is 0 Å². The maximum absolute atomic E-state index is 11.2. The molecular weight excluding hydrogens is 212 g/mol. The Morgan fingerprint density at radius 2 is 1.69 bits per heavy atom. The lowest BCUT2D eigenvalue weighted by Gasteiger charge is -2.12. The van der Waals surface area contributed by atoms with E-state index in [1.807, 2.05) is 0 Å². The largest absolute Gasteiger partial charge is 0.496 e. The second kappa shape index (κ2) is 4.52. The van der Waals surface area contributed by atoms with E-state index in [9.17, 15) is 9.59 Å². The molecule has 6 nitrogen and oxygen atoms in total. The minimum atomic E-state index is -0.753. The number of ether oxygens (including phenoxy) is 2. The van der Waals surface area contributed by atoms with E-state index < -0.39 is 11.8 Å². The zero-order valence-corrected chi connectivity index (χ0v) is 8.94. The maximum atomic E-state index is 11.2. The van der Waals surface area contributed by atoms with Crippen LogP contribution in [0.5, 0.6) is 11.5 Å². The summed E-state index contributed by atoms with van der Waals surface area (Å²) in [6.07, 6.45) is 0. The lowest BCUT2D eigenvalue weighted by atomic mass is 10.1. The SMILES string of the molecule is COc1ccc(C(N)=O)c(OC)c1C(N)=O. The lowest BCUT2D eigenvalue weighted by molar-refractivity contribution is 0.0993. The molecule has 0 saturated carbocycles. The molecule has 1 aromatic carbocycles. The maximum Gasteiger partial charge on any atom is 0.256 e. The van der Waals surface area contributed by atoms with Crippen LogP contribution in [0, 0.1) is 0 Å². The quantitative estimate of drug-likeness (QED) is 0.745. The van der Waals surface area contributed by atoms with E-state index in [-0.39, 0.29) is 22.6 Å². The number of carbonyl (C=O) groups excluding carboxylic acids is 2. The number of rotatable bonds is 4. The summed E-state index contributed by atoms with van der Waals surface area (Å²) in [6.45, 7) is 0. The first-order valence-electron chi connectivity index (χ1n) is 4.37. The van der Waals surface area contributed by atoms with Crippen LogP contribution in [0.1, 0.15) is 20.7 Å². The zero-order valence-electron chi connectivity index (χ0n) is 8.94. The van der Waals surface area contributed by atoms with Gasteiger partial charge >= 0.3 is 0 Å². The standard InChI is InChI=1S/C10H12N2O4/c1-15-6-4-3-5(9(11)13)8(16-2)7(6)10(12)14/h3-4H,1-2H3,(H2,11,13)(H2,12,14). The molecule has 0 aliphatic heterocycles. The summed E-state index contributed by atoms with van der Waals surface area (Å²) in [5, 5.41) is 0. The molecule has 0 saturated heterocycles. The molecule has 4 N–H and O–H groups in total. The number of hydrogen-bond donors (Lipinski definition) is 2. The monoisotopic (exact) mass is 224 g/mol. The first-order valence-corrected chi connectivity index (χ1v) is 4.37. The van der Waals surface area contributed by atoms with Crippen molar-refractivity contribution in [3.8, 4) is 11.5 Å². The van der Waals surface area contributed by atoms with Crippen LogP contribution in [0.15, 0.2) is 12.1 Å². The number of amides is 2. The Bertz CT molecular complexity index is 443. The lowest BCUT2D eigenvalue weighted by Crippen LogP contribution is -2.18. The molecular formula is C10H12N2O4. The molecule has 0 unspecified atom stereocenters. The third-order valence-corrected chi connectivity index (χ3v) is 2.06. The van der Waals surface area contributed by atoms with Crippen molar-refractivity contribution in [2.45, 2.75) is 0 Å². The van der Waals surface area contributed by atoms with Gasteiger partial charge in [-0.1, -0.05) is 0 Å². The number of primary amides is 2. The molecule has 6 heteroatoms. The van der Waals surface area contributed by atoms with Crippen LogP contribution in [0.2, 0.25) is 0 Å². The average Bonchev–Trinajstić information content (AvgIpc) is 2.26. The van der Waals surface area contributed by atoms with Gasteiger partial charge in [-0.25, -0.2) is 0 Å². The second-order valence-electron chi connectivity index (χ2n) is 2.95. The highest BCUT2D eigenvalue weighted by Gasteiger charge is 2.21. The van der Waals surface area contributed by atoms with Gasteiger partial charge < -0.3 is 20.9 Å². The van der Waals surface area contributed by atoms with E-state index in [1.165, 1.54) is 26.4 Å². The molecule has 0 radical (unpaired) electrons. The molecule has 0 aromatic heterocycles. The van der Waals surface area contributed by atoms with E-state index in [2.05, 4.69) is 0 Å². The van der Waals surface area contributed by atoms with Gasteiger partial charge in [-0.05, 0) is 12.1 Å². The zero-order chi connectivity index (χ0) is 12.3. The third-order valence-electron chi connectivity index (χ3n) is 2.06. The third kappa shape index (κ3) is 1.90. The van der Waals surface area contributed by atoms with Crippen molar-refractivity contribution in [3.63, 3.8) is 0 Å². The molecule has 0 aliphatic carbocycles. The van der Waals surface area contributed by atoms with Crippen molar-refractivity contribution in [2.24, 2.45) is 11.5 Å². The van der Waals surface area contributed by atoms with E-state index in [4.69, 9.17) is 20.9 Å². The van der Waals surface area contributed by atoms with Gasteiger partial charge in [0.1, 0.15) is 17.1 Å². The summed E-state index contributed by atoms with van der Waals surface area (Å²) in [5.74, 6) is -1.20. The summed E-state index contributed by atoms with van der Waals surface area (Å²) in [6, 6.07) is 2.84. The predicted octanol–water partition coefficient (Wildman–Crippen LogP) is -0.0984. The Labute approximate surface area is 92.1 Å². The first kappa shape index (κ1) is 11.8. The minimum Gasteiger partial charge on any atom is -0.496 e. The van der Waals surface area contributed by atoms with Crippen LogP contribution < -0.4 is 20.9 Å². The van der Waals surface area contributed by atoms with Gasteiger partial charge in [0.25, 0.3) is 11.8 Å². The molecule has 86 valence electrons. The van der Waals surface area contributed by atoms with Crippen LogP contribution in [-0.2, 0) is 0 Å². The number of benzene rings is 1. The molecule has 0 atom stereocenters. The molecule has 0 fully saturated rings. The van der Waals surface area contributed by atoms with Crippen LogP contribution in [0.25, 0.3) is 0 Å². The molecule has 1 aromatic rings. The summed E-state index contributed by atoms with van der Waals surface area (Å²) in [4.78, 5) is 22.3. The van der Waals surface area contributed by atoms with Crippen molar-refractivity contribution in [3.05, 3.63) is 23.3 Å². The van der Waals surface area contributed by atoms with E-state index in [0.717, 1.165) is 0 Å². The van der Waals surface area contributed by atoms with Crippen molar-refractivity contribution in [1.82, 2.24) is 0 Å². The Morgan fingerprint density at radius 1 is 1.06 bits per heavy atom. The summed E-state index contributed by atoms with van der Waals surface area (Å²) < 4.78 is 9.91. The molecule has 2 amide bonds. The van der Waals surface area contributed by atoms with E-state index in [0.29, 0.717) is 0 Å². The summed E-state index contributed by atoms with van der Waals surface area (Å²) in [7, 11) is 2.69. The fourth-order valence-electron chi connectivity index (χ4n) is 1.37. The van der Waals surface area contributed by atoms with Crippen molar-refractivity contribution >= 4 is 11.8 Å². The minimum absolute atomic E-state index is 0.00120. The molecule has 0 heterocycles. The highest BCUT2D eigenvalue weighted by Crippen LogP contribution is 2.31. The van der Waals surface area contributed by atoms with Crippen molar-refractivity contribution < 1.29 is 19.1 Å². The molecule has 0 spiro atoms. The Kier molecular flexibility index (Phi) is 3.34. The van der Waals surface area contributed by atoms with Crippen LogP contribution in [-0.4, -0.2) is 26.0 Å². The fourth-order valence-corrected chi connectivity index (χ4v) is 1.37. The van der Waals surface area contributed by atoms with Crippen LogP contribution in [0.3, 0.4) is 0 Å². The highest BCUT2D eigenvalue weighted by molar-refractivity contribution is 6.04. The van der Waals surface area contributed by atoms with Gasteiger partial charge in [0.2, 0.25) is 0 Å². The average molecular weight is 224 g/mol. The van der Waals surface area contributed by atoms with Crippen LogP contribution >= 0.6 is 0 Å². The number of hydrogen-bond acceptors (Lipinski definition) is 4. The molecule has 0 bridgehead atoms. The van der Waals surface area contributed by atoms with Crippen LogP contribution in [0.4, 0.5) is 0 Å². The Hall–Kier alpha value is -2.24. The Morgan fingerprint density at radius 3 is 2.06 bits per heavy atom. The predicted molar refractivity (Wildman–Crippen MR) is 56.6 cm³/mol. The number of methoxy groups -OCH3 is 2. The second-order valence-corrected chi connectivity index (χ2v) is 2.95. The first-order chi connectivity index (χ1) is 7.52. The van der Waals surface area contributed by atoms with Gasteiger partial charge in [0.15, 0.2) is 0 Å². The van der Waals surface area contributed by atoms with Gasteiger partial charge in [-0.3, -0.25) is 9.59 Å². The molecule has 16 heavy (non-hydrogen) atoms. The molecule has 1 rings (SSSR count). The number of carbonyl (C=O) groups is 2. The van der Waals surface area contributed by atoms with Gasteiger partial charge in [0.05, 0.1) is 19.8 Å². The number of nitrogens with two attached hydrogens (primary N) is 2. The van der Waals surface area contributed by atoms with Gasteiger partial charge in [-0.15, -0.1) is 0 Å². The van der Waals surface area contributed by atoms with Crippen molar-refractivity contribution in [1.29, 1.82) is 0 Å². The molecule has 0 aliphatic rings.